The van der Waals surface area contributed by atoms with Gasteiger partial charge < -0.3 is 19.4 Å². The van der Waals surface area contributed by atoms with E-state index in [-0.39, 0.29) is 11.9 Å². The summed E-state index contributed by atoms with van der Waals surface area (Å²) >= 11 is 0. The topological polar surface area (TPSA) is 94.1 Å². The van der Waals surface area contributed by atoms with Gasteiger partial charge in [0.15, 0.2) is 0 Å². The summed E-state index contributed by atoms with van der Waals surface area (Å²) in [6.45, 7) is 3.13. The summed E-state index contributed by atoms with van der Waals surface area (Å²) < 4.78 is 12.5. The lowest BCUT2D eigenvalue weighted by molar-refractivity contribution is 0.0932. The molecule has 8 nitrogen and oxygen atoms in total. The van der Waals surface area contributed by atoms with Crippen LogP contribution in [0.3, 0.4) is 0 Å². The van der Waals surface area contributed by atoms with Crippen LogP contribution < -0.4 is 10.1 Å². The predicted molar refractivity (Wildman–Crippen MR) is 118 cm³/mol. The van der Waals surface area contributed by atoms with Gasteiger partial charge in [-0.15, -0.1) is 0 Å². The molecule has 0 saturated carbocycles. The minimum Gasteiger partial charge on any atom is -0.497 e. The fourth-order valence-electron chi connectivity index (χ4n) is 3.53. The molecule has 2 heterocycles. The number of nitrogens with zero attached hydrogens (tertiary/aromatic N) is 3. The summed E-state index contributed by atoms with van der Waals surface area (Å²) in [5, 5.41) is 10.1. The molecule has 0 saturated heterocycles. The molecular weight excluding hydrogens is 394 g/mol. The van der Waals surface area contributed by atoms with Gasteiger partial charge in [0, 0.05) is 19.2 Å². The highest BCUT2D eigenvalue weighted by Crippen LogP contribution is 2.23. The third kappa shape index (κ3) is 4.29. The summed E-state index contributed by atoms with van der Waals surface area (Å²) in [4.78, 5) is 17.6. The van der Waals surface area contributed by atoms with Crippen molar-refractivity contribution in [2.75, 3.05) is 20.8 Å². The lowest BCUT2D eigenvalue weighted by Gasteiger charge is -2.15. The zero-order valence-electron chi connectivity index (χ0n) is 17.8. The maximum Gasteiger partial charge on any atom is 0.269 e. The van der Waals surface area contributed by atoms with Gasteiger partial charge in [0.1, 0.15) is 17.3 Å². The van der Waals surface area contributed by atoms with E-state index in [0.29, 0.717) is 24.5 Å². The van der Waals surface area contributed by atoms with Crippen LogP contribution in [0.5, 0.6) is 5.75 Å². The summed E-state index contributed by atoms with van der Waals surface area (Å²) in [6.07, 6.45) is 0. The Morgan fingerprint density at radius 2 is 1.94 bits per heavy atom. The molecule has 2 N–H and O–H groups in total. The van der Waals surface area contributed by atoms with Crippen molar-refractivity contribution >= 4 is 16.9 Å². The van der Waals surface area contributed by atoms with E-state index >= 15 is 0 Å². The SMILES string of the molecule is COCCn1c([C@@H](C)NC(=O)c2cc(-c3ccc(OC)cc3)n[nH]2)nc2ccccc21. The molecule has 4 rings (SSSR count). The number of benzene rings is 2. The molecule has 4 aromatic rings. The average Bonchev–Trinajstić information content (AvgIpc) is 3.43. The molecule has 31 heavy (non-hydrogen) atoms. The number of aromatic amines is 1. The molecule has 0 bridgehead atoms. The maximum atomic E-state index is 12.8. The Labute approximate surface area is 180 Å². The van der Waals surface area contributed by atoms with Gasteiger partial charge in [-0.05, 0) is 49.4 Å². The Balaban J connectivity index is 1.53. The van der Waals surface area contributed by atoms with E-state index in [1.807, 2.05) is 55.5 Å². The van der Waals surface area contributed by atoms with Crippen molar-refractivity contribution in [2.45, 2.75) is 19.5 Å². The van der Waals surface area contributed by atoms with Crippen molar-refractivity contribution in [1.29, 1.82) is 0 Å². The van der Waals surface area contributed by atoms with Gasteiger partial charge in [-0.3, -0.25) is 9.89 Å². The number of H-pyrrole nitrogens is 1. The molecule has 8 heteroatoms. The van der Waals surface area contributed by atoms with Crippen LogP contribution in [-0.4, -0.2) is 46.5 Å². The van der Waals surface area contributed by atoms with E-state index in [2.05, 4.69) is 20.1 Å². The van der Waals surface area contributed by atoms with Gasteiger partial charge in [-0.2, -0.15) is 5.10 Å². The van der Waals surface area contributed by atoms with E-state index < -0.39 is 0 Å². The number of aromatic nitrogens is 4. The number of imidazole rings is 1. The molecule has 0 fully saturated rings. The van der Waals surface area contributed by atoms with Crippen LogP contribution in [0, 0.1) is 0 Å². The fraction of sp³-hybridized carbons (Fsp3) is 0.261. The first kappa shape index (κ1) is 20.6. The van der Waals surface area contributed by atoms with Crippen molar-refractivity contribution < 1.29 is 14.3 Å². The molecule has 2 aromatic carbocycles. The maximum absolute atomic E-state index is 12.8. The standard InChI is InChI=1S/C23H25N5O3/c1-15(22-25-18-6-4-5-7-21(18)28(22)12-13-30-2)24-23(29)20-14-19(26-27-20)16-8-10-17(31-3)11-9-16/h4-11,14-15H,12-13H2,1-3H3,(H,24,29)(H,26,27)/t15-/m1/s1. The molecule has 160 valence electrons. The van der Waals surface area contributed by atoms with Crippen LogP contribution in [0.1, 0.15) is 29.3 Å². The van der Waals surface area contributed by atoms with E-state index in [0.717, 1.165) is 28.2 Å². The van der Waals surface area contributed by atoms with Gasteiger partial charge in [0.05, 0.1) is 36.5 Å². The van der Waals surface area contributed by atoms with Crippen LogP contribution in [0.15, 0.2) is 54.6 Å². The first-order valence-electron chi connectivity index (χ1n) is 10.1. The smallest absolute Gasteiger partial charge is 0.269 e. The molecule has 0 aliphatic heterocycles. The highest BCUT2D eigenvalue weighted by atomic mass is 16.5. The van der Waals surface area contributed by atoms with Crippen molar-refractivity contribution in [2.24, 2.45) is 0 Å². The first-order valence-corrected chi connectivity index (χ1v) is 10.1. The van der Waals surface area contributed by atoms with Crippen LogP contribution >= 0.6 is 0 Å². The number of rotatable bonds is 8. The highest BCUT2D eigenvalue weighted by Gasteiger charge is 2.20. The monoisotopic (exact) mass is 419 g/mol. The van der Waals surface area contributed by atoms with Crippen LogP contribution in [0.25, 0.3) is 22.3 Å². The summed E-state index contributed by atoms with van der Waals surface area (Å²) in [7, 11) is 3.29. The minimum atomic E-state index is -0.301. The molecule has 1 amide bonds. The number of hydrogen-bond donors (Lipinski definition) is 2. The number of fused-ring (bicyclic) bond motifs is 1. The number of para-hydroxylation sites is 2. The number of carbonyl (C=O) groups is 1. The summed E-state index contributed by atoms with van der Waals surface area (Å²) in [5.41, 5.74) is 3.87. The molecule has 0 radical (unpaired) electrons. The number of carbonyl (C=O) groups excluding carboxylic acids is 1. The third-order valence-electron chi connectivity index (χ3n) is 5.15. The normalized spacial score (nSPS) is 12.1. The van der Waals surface area contributed by atoms with Crippen LogP contribution in [-0.2, 0) is 11.3 Å². The second kappa shape index (κ2) is 9.01. The Morgan fingerprint density at radius 3 is 2.68 bits per heavy atom. The molecule has 1 atom stereocenters. The number of methoxy groups -OCH3 is 2. The molecule has 2 aromatic heterocycles. The summed E-state index contributed by atoms with van der Waals surface area (Å²) in [6, 6.07) is 16.9. The van der Waals surface area contributed by atoms with Crippen molar-refractivity contribution in [3.05, 3.63) is 66.1 Å². The number of hydrogen-bond acceptors (Lipinski definition) is 5. The van der Waals surface area contributed by atoms with Crippen molar-refractivity contribution in [1.82, 2.24) is 25.1 Å². The van der Waals surface area contributed by atoms with E-state index in [4.69, 9.17) is 14.5 Å². The van der Waals surface area contributed by atoms with E-state index in [1.165, 1.54) is 0 Å². The molecule has 0 spiro atoms. The zero-order chi connectivity index (χ0) is 21.8. The predicted octanol–water partition coefficient (Wildman–Crippen LogP) is 3.57. The van der Waals surface area contributed by atoms with E-state index in [9.17, 15) is 4.79 Å². The van der Waals surface area contributed by atoms with Crippen molar-refractivity contribution in [3.63, 3.8) is 0 Å². The Bertz CT molecular complexity index is 1180. The summed E-state index contributed by atoms with van der Waals surface area (Å²) in [5.74, 6) is 1.30. The lowest BCUT2D eigenvalue weighted by Crippen LogP contribution is -2.29. The fourth-order valence-corrected chi connectivity index (χ4v) is 3.53. The molecular formula is C23H25N5O3. The van der Waals surface area contributed by atoms with Gasteiger partial charge in [-0.1, -0.05) is 12.1 Å². The largest absolute Gasteiger partial charge is 0.497 e. The minimum absolute atomic E-state index is 0.245. The third-order valence-corrected chi connectivity index (χ3v) is 5.15. The second-order valence-electron chi connectivity index (χ2n) is 7.19. The second-order valence-corrected chi connectivity index (χ2v) is 7.19. The Morgan fingerprint density at radius 1 is 1.16 bits per heavy atom. The molecule has 0 unspecified atom stereocenters. The Kier molecular flexibility index (Phi) is 5.99. The number of amides is 1. The zero-order valence-corrected chi connectivity index (χ0v) is 17.8. The van der Waals surface area contributed by atoms with Gasteiger partial charge in [-0.25, -0.2) is 4.98 Å². The van der Waals surface area contributed by atoms with Gasteiger partial charge in [0.2, 0.25) is 0 Å². The molecule has 0 aliphatic rings. The lowest BCUT2D eigenvalue weighted by atomic mass is 10.1. The quantitative estimate of drug-likeness (QED) is 0.455. The number of nitrogens with one attached hydrogen (secondary N) is 2. The molecule has 0 aliphatic carbocycles. The van der Waals surface area contributed by atoms with Gasteiger partial charge in [0.25, 0.3) is 5.91 Å². The van der Waals surface area contributed by atoms with Crippen molar-refractivity contribution in [3.8, 4) is 17.0 Å². The number of ether oxygens (including phenoxy) is 2. The highest BCUT2D eigenvalue weighted by molar-refractivity contribution is 5.93. The van der Waals surface area contributed by atoms with E-state index in [1.54, 1.807) is 20.3 Å². The first-order chi connectivity index (χ1) is 15.1. The van der Waals surface area contributed by atoms with Crippen LogP contribution in [0.2, 0.25) is 0 Å². The Hall–Kier alpha value is -3.65. The average molecular weight is 419 g/mol. The van der Waals surface area contributed by atoms with Gasteiger partial charge >= 0.3 is 0 Å². The van der Waals surface area contributed by atoms with Crippen LogP contribution in [0.4, 0.5) is 0 Å².